The highest BCUT2D eigenvalue weighted by atomic mass is 32.1. The third kappa shape index (κ3) is 4.39. The van der Waals surface area contributed by atoms with Crippen molar-refractivity contribution in [3.63, 3.8) is 0 Å². The van der Waals surface area contributed by atoms with Crippen molar-refractivity contribution >= 4 is 119 Å². The minimum atomic E-state index is 0.863. The van der Waals surface area contributed by atoms with Crippen LogP contribution in [0.5, 0.6) is 23.0 Å². The highest BCUT2D eigenvalue weighted by Crippen LogP contribution is 2.53. The lowest BCUT2D eigenvalue weighted by atomic mass is 10.0. The molecule has 0 N–H and O–H groups in total. The largest absolute Gasteiger partial charge is 0.453 e. The summed E-state index contributed by atoms with van der Waals surface area (Å²) in [4.78, 5) is 4.63. The van der Waals surface area contributed by atoms with E-state index in [1.807, 2.05) is 71.2 Å². The molecule has 4 nitrogen and oxygen atoms in total. The third-order valence-electron chi connectivity index (χ3n) is 11.3. The van der Waals surface area contributed by atoms with Crippen molar-refractivity contribution in [2.45, 2.75) is 0 Å². The maximum atomic E-state index is 6.29. The number of hydrogen-bond donors (Lipinski definition) is 0. The van der Waals surface area contributed by atoms with E-state index in [4.69, 9.17) is 9.47 Å². The average Bonchev–Trinajstić information content (AvgIpc) is 3.77. The van der Waals surface area contributed by atoms with Gasteiger partial charge in [0.1, 0.15) is 0 Å². The Morgan fingerprint density at radius 1 is 0.304 bits per heavy atom. The molecule has 2 aliphatic heterocycles. The molecule has 0 saturated heterocycles. The number of thiophene rings is 2. The van der Waals surface area contributed by atoms with Gasteiger partial charge in [-0.25, -0.2) is 0 Å². The van der Waals surface area contributed by atoms with E-state index in [9.17, 15) is 0 Å². The number of ether oxygens (including phenoxy) is 2. The normalized spacial score (nSPS) is 13.2. The Kier molecular flexibility index (Phi) is 6.17. The van der Waals surface area contributed by atoms with E-state index in [-0.39, 0.29) is 0 Å². The van der Waals surface area contributed by atoms with Crippen LogP contribution in [0, 0.1) is 0 Å². The number of fused-ring (bicyclic) bond motifs is 12. The maximum Gasteiger partial charge on any atom is 0.151 e. The maximum absolute atomic E-state index is 6.29. The summed E-state index contributed by atoms with van der Waals surface area (Å²) in [7, 11) is 0. The van der Waals surface area contributed by atoms with Crippen LogP contribution >= 0.6 is 22.7 Å². The first-order chi connectivity index (χ1) is 27.7. The Labute approximate surface area is 329 Å². The summed E-state index contributed by atoms with van der Waals surface area (Å²) in [6, 6.07) is 61.1. The zero-order chi connectivity index (χ0) is 36.5. The molecule has 13 rings (SSSR count). The Morgan fingerprint density at radius 3 is 1.07 bits per heavy atom. The van der Waals surface area contributed by atoms with Gasteiger partial charge in [-0.05, 0) is 131 Å². The predicted octanol–water partition coefficient (Wildman–Crippen LogP) is 15.9. The summed E-state index contributed by atoms with van der Waals surface area (Å²) in [6.07, 6.45) is 0. The lowest BCUT2D eigenvalue weighted by Gasteiger charge is -2.32. The van der Waals surface area contributed by atoms with Gasteiger partial charge in [-0.1, -0.05) is 60.7 Å². The van der Waals surface area contributed by atoms with Crippen LogP contribution in [-0.4, -0.2) is 0 Å². The second-order valence-electron chi connectivity index (χ2n) is 14.6. The highest BCUT2D eigenvalue weighted by Gasteiger charge is 2.27. The van der Waals surface area contributed by atoms with Gasteiger partial charge in [-0.3, -0.25) is 0 Å². The molecule has 4 heterocycles. The minimum Gasteiger partial charge on any atom is -0.453 e. The summed E-state index contributed by atoms with van der Waals surface area (Å²) in [5.74, 6) is 3.45. The molecule has 9 aromatic carbocycles. The zero-order valence-electron chi connectivity index (χ0n) is 29.7. The molecule has 2 aromatic heterocycles. The first-order valence-electron chi connectivity index (χ1n) is 18.7. The van der Waals surface area contributed by atoms with E-state index < -0.39 is 0 Å². The summed E-state index contributed by atoms with van der Waals surface area (Å²) in [5.41, 5.74) is 6.41. The third-order valence-corrected chi connectivity index (χ3v) is 13.6. The number of nitrogens with zero attached hydrogens (tertiary/aromatic N) is 2. The molecule has 0 atom stereocenters. The van der Waals surface area contributed by atoms with Crippen LogP contribution in [0.15, 0.2) is 170 Å². The predicted molar refractivity (Wildman–Crippen MR) is 237 cm³/mol. The fraction of sp³-hybridized carbons (Fsp3) is 0. The molecule has 0 fully saturated rings. The smallest absolute Gasteiger partial charge is 0.151 e. The second kappa shape index (κ2) is 11.3. The van der Waals surface area contributed by atoms with Crippen molar-refractivity contribution in [3.8, 4) is 23.0 Å². The van der Waals surface area contributed by atoms with Gasteiger partial charge in [0.2, 0.25) is 0 Å². The quantitative estimate of drug-likeness (QED) is 0.176. The number of rotatable bonds is 2. The molecule has 11 aromatic rings. The van der Waals surface area contributed by atoms with E-state index in [1.54, 1.807) is 0 Å². The van der Waals surface area contributed by atoms with Crippen molar-refractivity contribution in [3.05, 3.63) is 170 Å². The second-order valence-corrected chi connectivity index (χ2v) is 16.7. The lowest BCUT2D eigenvalue weighted by molar-refractivity contribution is 0.477. The molecular formula is C50H28N2O2S2. The fourth-order valence-electron chi connectivity index (χ4n) is 8.75. The van der Waals surface area contributed by atoms with Gasteiger partial charge in [0, 0.05) is 51.7 Å². The van der Waals surface area contributed by atoms with Crippen molar-refractivity contribution < 1.29 is 9.47 Å². The number of hydrogen-bond acceptors (Lipinski definition) is 6. The Morgan fingerprint density at radius 2 is 0.661 bits per heavy atom. The SMILES string of the molecule is c1ccc2c(c1)Oc1ccccc1N2c1ccc2cc3c(cc2c1)sc1cc2sc4cc5cc(N6c7ccccc7Oc7ccccc76)ccc5cc4c2cc13. The summed E-state index contributed by atoms with van der Waals surface area (Å²) < 4.78 is 17.8. The van der Waals surface area contributed by atoms with E-state index >= 15 is 0 Å². The molecule has 0 unspecified atom stereocenters. The van der Waals surface area contributed by atoms with E-state index in [1.165, 1.54) is 61.9 Å². The molecule has 2 aliphatic rings. The molecular weight excluding hydrogens is 725 g/mol. The molecule has 56 heavy (non-hydrogen) atoms. The topological polar surface area (TPSA) is 24.9 Å². The van der Waals surface area contributed by atoms with Gasteiger partial charge in [-0.15, -0.1) is 22.7 Å². The van der Waals surface area contributed by atoms with Crippen LogP contribution in [0.4, 0.5) is 34.1 Å². The molecule has 6 heteroatoms. The van der Waals surface area contributed by atoms with Gasteiger partial charge in [-0.2, -0.15) is 0 Å². The van der Waals surface area contributed by atoms with Gasteiger partial charge in [0.05, 0.1) is 22.7 Å². The highest BCUT2D eigenvalue weighted by molar-refractivity contribution is 7.28. The number of para-hydroxylation sites is 8. The standard InChI is InChI=1S/C50H28N2O2S2/c1-5-13-43-39(9-1)51(40-10-2-6-14-44(40)53-43)33-19-17-29-23-35-37-27-38-36-24-30-18-20-34(52-41-11-3-7-15-45(41)54-46-16-8-4-12-42(46)52)22-32(30)26-48(36)56-50(38)28-49(37)55-47(35)25-31(29)21-33/h1-28H. The van der Waals surface area contributed by atoms with Crippen molar-refractivity contribution in [2.75, 3.05) is 9.80 Å². The van der Waals surface area contributed by atoms with Gasteiger partial charge in [0.15, 0.2) is 23.0 Å². The summed E-state index contributed by atoms with van der Waals surface area (Å²) >= 11 is 3.77. The molecule has 0 aliphatic carbocycles. The summed E-state index contributed by atoms with van der Waals surface area (Å²) in [5, 5.41) is 10.2. The number of anilines is 6. The van der Waals surface area contributed by atoms with Crippen molar-refractivity contribution in [2.24, 2.45) is 0 Å². The Hall–Kier alpha value is -6.86. The monoisotopic (exact) mass is 752 g/mol. The van der Waals surface area contributed by atoms with Crippen LogP contribution in [0.3, 0.4) is 0 Å². The fourth-order valence-corrected chi connectivity index (χ4v) is 11.1. The van der Waals surface area contributed by atoms with Crippen LogP contribution in [0.2, 0.25) is 0 Å². The average molecular weight is 753 g/mol. The molecule has 0 spiro atoms. The van der Waals surface area contributed by atoms with Crippen LogP contribution < -0.4 is 19.3 Å². The van der Waals surface area contributed by atoms with Gasteiger partial charge >= 0.3 is 0 Å². The Bertz CT molecular complexity index is 3160. The molecule has 0 radical (unpaired) electrons. The van der Waals surface area contributed by atoms with Gasteiger partial charge < -0.3 is 19.3 Å². The van der Waals surface area contributed by atoms with Gasteiger partial charge in [0.25, 0.3) is 0 Å². The molecule has 0 bridgehead atoms. The molecule has 0 saturated carbocycles. The molecule has 262 valence electrons. The van der Waals surface area contributed by atoms with Crippen LogP contribution in [0.25, 0.3) is 61.9 Å². The molecule has 0 amide bonds. The lowest BCUT2D eigenvalue weighted by Crippen LogP contribution is -2.15. The Balaban J connectivity index is 0.920. The van der Waals surface area contributed by atoms with E-state index in [0.717, 1.165) is 57.1 Å². The van der Waals surface area contributed by atoms with E-state index in [2.05, 4.69) is 131 Å². The van der Waals surface area contributed by atoms with Crippen molar-refractivity contribution in [1.82, 2.24) is 0 Å². The first-order valence-corrected chi connectivity index (χ1v) is 20.4. The van der Waals surface area contributed by atoms with E-state index in [0.29, 0.717) is 0 Å². The first kappa shape index (κ1) is 30.5. The van der Waals surface area contributed by atoms with Crippen molar-refractivity contribution in [1.29, 1.82) is 0 Å². The number of benzene rings is 9. The van der Waals surface area contributed by atoms with Crippen LogP contribution in [-0.2, 0) is 0 Å². The van der Waals surface area contributed by atoms with Crippen LogP contribution in [0.1, 0.15) is 0 Å². The zero-order valence-corrected chi connectivity index (χ0v) is 31.3. The summed E-state index contributed by atoms with van der Waals surface area (Å²) in [6.45, 7) is 0. The minimum absolute atomic E-state index is 0.863.